The topological polar surface area (TPSA) is 74.8 Å². The molecule has 0 aliphatic carbocycles. The van der Waals surface area contributed by atoms with Crippen molar-refractivity contribution >= 4 is 28.4 Å². The van der Waals surface area contributed by atoms with Crippen molar-refractivity contribution in [3.63, 3.8) is 0 Å². The maximum absolute atomic E-state index is 12.4. The minimum absolute atomic E-state index is 0.367. The molecule has 7 heteroatoms. The van der Waals surface area contributed by atoms with Crippen molar-refractivity contribution in [3.8, 4) is 22.6 Å². The van der Waals surface area contributed by atoms with E-state index in [1.807, 2.05) is 18.3 Å². The number of hydrogen-bond donors (Lipinski definition) is 2. The number of benzene rings is 2. The molecular formula is C20H21ClN2O4. The summed E-state index contributed by atoms with van der Waals surface area (Å²) in [5.41, 5.74) is 2.74. The molecule has 0 bridgehead atoms. The first-order valence-electron chi connectivity index (χ1n) is 8.30. The van der Waals surface area contributed by atoms with E-state index in [-0.39, 0.29) is 0 Å². The number of aliphatic hydroxyl groups excluding tert-OH is 1. The number of aromatic nitrogens is 1. The van der Waals surface area contributed by atoms with Crippen LogP contribution in [0.5, 0.6) is 11.5 Å². The number of aliphatic hydroxyl groups is 1. The van der Waals surface area contributed by atoms with Crippen LogP contribution in [0.15, 0.2) is 36.5 Å². The number of halogens is 1. The standard InChI is InChI=1S/C20H21ClN2O4/c1-23(2)20(25)19(24)17-15(27-4)9-14(26-3)16-13(10-22-18(16)17)11-5-7-12(21)8-6-11/h5-10,19,22,24H,1-4H3. The van der Waals surface area contributed by atoms with Crippen LogP contribution in [-0.4, -0.2) is 49.2 Å². The molecule has 0 saturated carbocycles. The van der Waals surface area contributed by atoms with Crippen molar-refractivity contribution < 1.29 is 19.4 Å². The van der Waals surface area contributed by atoms with Gasteiger partial charge < -0.3 is 24.5 Å². The van der Waals surface area contributed by atoms with Crippen LogP contribution in [0.25, 0.3) is 22.0 Å². The van der Waals surface area contributed by atoms with E-state index in [1.165, 1.54) is 12.0 Å². The van der Waals surface area contributed by atoms with Crippen LogP contribution < -0.4 is 9.47 Å². The molecule has 0 fully saturated rings. The second kappa shape index (κ2) is 7.50. The lowest BCUT2D eigenvalue weighted by atomic mass is 9.98. The Morgan fingerprint density at radius 3 is 2.33 bits per heavy atom. The fraction of sp³-hybridized carbons (Fsp3) is 0.250. The van der Waals surface area contributed by atoms with Gasteiger partial charge in [-0.15, -0.1) is 0 Å². The van der Waals surface area contributed by atoms with Crippen molar-refractivity contribution in [1.82, 2.24) is 9.88 Å². The molecule has 142 valence electrons. The fourth-order valence-corrected chi connectivity index (χ4v) is 3.24. The Morgan fingerprint density at radius 2 is 1.78 bits per heavy atom. The SMILES string of the molecule is COc1cc(OC)c2c(-c3ccc(Cl)cc3)c[nH]c2c1C(O)C(=O)N(C)C. The molecule has 2 N–H and O–H groups in total. The summed E-state index contributed by atoms with van der Waals surface area (Å²) in [4.78, 5) is 16.9. The number of carbonyl (C=O) groups excluding carboxylic acids is 1. The van der Waals surface area contributed by atoms with E-state index in [4.69, 9.17) is 21.1 Å². The van der Waals surface area contributed by atoms with Gasteiger partial charge in [0.15, 0.2) is 6.10 Å². The number of likely N-dealkylation sites (N-methyl/N-ethyl adjacent to an activating group) is 1. The molecule has 27 heavy (non-hydrogen) atoms. The van der Waals surface area contributed by atoms with Gasteiger partial charge in [0.2, 0.25) is 0 Å². The van der Waals surface area contributed by atoms with Crippen LogP contribution in [0.2, 0.25) is 5.02 Å². The highest BCUT2D eigenvalue weighted by atomic mass is 35.5. The minimum Gasteiger partial charge on any atom is -0.496 e. The lowest BCUT2D eigenvalue weighted by Gasteiger charge is -2.20. The van der Waals surface area contributed by atoms with Gasteiger partial charge >= 0.3 is 0 Å². The first-order valence-corrected chi connectivity index (χ1v) is 8.68. The number of amides is 1. The van der Waals surface area contributed by atoms with Crippen LogP contribution in [0.3, 0.4) is 0 Å². The zero-order chi connectivity index (χ0) is 19.7. The second-order valence-electron chi connectivity index (χ2n) is 6.29. The Labute approximate surface area is 162 Å². The van der Waals surface area contributed by atoms with Gasteiger partial charge in [0.1, 0.15) is 11.5 Å². The quantitative estimate of drug-likeness (QED) is 0.700. The molecule has 0 spiro atoms. The third-order valence-corrected chi connectivity index (χ3v) is 4.72. The summed E-state index contributed by atoms with van der Waals surface area (Å²) in [5.74, 6) is 0.496. The molecule has 1 unspecified atom stereocenters. The maximum Gasteiger partial charge on any atom is 0.255 e. The van der Waals surface area contributed by atoms with Gasteiger partial charge in [-0.2, -0.15) is 0 Å². The van der Waals surface area contributed by atoms with E-state index >= 15 is 0 Å². The number of ether oxygens (including phenoxy) is 2. The zero-order valence-corrected chi connectivity index (χ0v) is 16.3. The average molecular weight is 389 g/mol. The molecule has 1 aromatic heterocycles. The summed E-state index contributed by atoms with van der Waals surface area (Å²) >= 11 is 6.00. The summed E-state index contributed by atoms with van der Waals surface area (Å²) in [5, 5.41) is 12.1. The number of rotatable bonds is 5. The van der Waals surface area contributed by atoms with E-state index in [9.17, 15) is 9.90 Å². The Morgan fingerprint density at radius 1 is 1.15 bits per heavy atom. The van der Waals surface area contributed by atoms with Crippen LogP contribution in [0.4, 0.5) is 0 Å². The third-order valence-electron chi connectivity index (χ3n) is 4.47. The Bertz CT molecular complexity index is 980. The Hall–Kier alpha value is -2.70. The van der Waals surface area contributed by atoms with Gasteiger partial charge in [0, 0.05) is 42.3 Å². The van der Waals surface area contributed by atoms with Gasteiger partial charge in [-0.25, -0.2) is 0 Å². The Kier molecular flexibility index (Phi) is 5.30. The van der Waals surface area contributed by atoms with Crippen molar-refractivity contribution in [2.75, 3.05) is 28.3 Å². The first-order chi connectivity index (χ1) is 12.9. The first kappa shape index (κ1) is 19.1. The van der Waals surface area contributed by atoms with E-state index in [0.717, 1.165) is 16.5 Å². The van der Waals surface area contributed by atoms with E-state index < -0.39 is 12.0 Å². The van der Waals surface area contributed by atoms with Gasteiger partial charge in [-0.1, -0.05) is 23.7 Å². The summed E-state index contributed by atoms with van der Waals surface area (Å²) in [6.07, 6.45) is 0.437. The van der Waals surface area contributed by atoms with Crippen molar-refractivity contribution in [1.29, 1.82) is 0 Å². The molecular weight excluding hydrogens is 368 g/mol. The lowest BCUT2D eigenvalue weighted by molar-refractivity contribution is -0.137. The van der Waals surface area contributed by atoms with E-state index in [0.29, 0.717) is 27.6 Å². The molecule has 0 aliphatic heterocycles. The van der Waals surface area contributed by atoms with Crippen molar-refractivity contribution in [3.05, 3.63) is 47.1 Å². The molecule has 3 aromatic rings. The van der Waals surface area contributed by atoms with Gasteiger partial charge in [-0.05, 0) is 17.7 Å². The van der Waals surface area contributed by atoms with Crippen LogP contribution in [0, 0.1) is 0 Å². The largest absolute Gasteiger partial charge is 0.496 e. The van der Waals surface area contributed by atoms with Gasteiger partial charge in [0.05, 0.1) is 25.3 Å². The molecule has 1 atom stereocenters. The van der Waals surface area contributed by atoms with Gasteiger partial charge in [0.25, 0.3) is 5.91 Å². The molecule has 1 heterocycles. The van der Waals surface area contributed by atoms with E-state index in [1.54, 1.807) is 39.4 Å². The second-order valence-corrected chi connectivity index (χ2v) is 6.73. The fourth-order valence-electron chi connectivity index (χ4n) is 3.11. The summed E-state index contributed by atoms with van der Waals surface area (Å²) in [7, 11) is 6.23. The third kappa shape index (κ3) is 3.34. The minimum atomic E-state index is -1.37. The maximum atomic E-state index is 12.4. The number of nitrogens with zero attached hydrogens (tertiary/aromatic N) is 1. The predicted molar refractivity (Wildman–Crippen MR) is 106 cm³/mol. The number of aromatic amines is 1. The predicted octanol–water partition coefficient (Wildman–Crippen LogP) is 3.63. The summed E-state index contributed by atoms with van der Waals surface area (Å²) in [6.45, 7) is 0. The molecule has 0 aliphatic rings. The van der Waals surface area contributed by atoms with Crippen molar-refractivity contribution in [2.45, 2.75) is 6.10 Å². The summed E-state index contributed by atoms with van der Waals surface area (Å²) in [6, 6.07) is 9.08. The molecule has 2 aromatic carbocycles. The number of nitrogens with one attached hydrogen (secondary N) is 1. The van der Waals surface area contributed by atoms with Crippen LogP contribution in [-0.2, 0) is 4.79 Å². The molecule has 0 radical (unpaired) electrons. The Balaban J connectivity index is 2.30. The van der Waals surface area contributed by atoms with Crippen LogP contribution in [0.1, 0.15) is 11.7 Å². The number of hydrogen-bond acceptors (Lipinski definition) is 4. The molecule has 6 nitrogen and oxygen atoms in total. The molecule has 1 amide bonds. The number of fused-ring (bicyclic) bond motifs is 1. The number of carbonyl (C=O) groups is 1. The molecule has 0 saturated heterocycles. The lowest BCUT2D eigenvalue weighted by Crippen LogP contribution is -2.28. The van der Waals surface area contributed by atoms with Crippen LogP contribution >= 0.6 is 11.6 Å². The monoisotopic (exact) mass is 388 g/mol. The highest BCUT2D eigenvalue weighted by Crippen LogP contribution is 2.43. The molecule has 3 rings (SSSR count). The number of methoxy groups -OCH3 is 2. The number of H-pyrrole nitrogens is 1. The van der Waals surface area contributed by atoms with Crippen molar-refractivity contribution in [2.24, 2.45) is 0 Å². The average Bonchev–Trinajstić information content (AvgIpc) is 3.10. The normalized spacial score (nSPS) is 12.1. The smallest absolute Gasteiger partial charge is 0.255 e. The van der Waals surface area contributed by atoms with E-state index in [2.05, 4.69) is 4.98 Å². The zero-order valence-electron chi connectivity index (χ0n) is 15.5. The summed E-state index contributed by atoms with van der Waals surface area (Å²) < 4.78 is 11.0. The van der Waals surface area contributed by atoms with Gasteiger partial charge in [-0.3, -0.25) is 4.79 Å². The highest BCUT2D eigenvalue weighted by Gasteiger charge is 2.28. The highest BCUT2D eigenvalue weighted by molar-refractivity contribution is 6.30.